The summed E-state index contributed by atoms with van der Waals surface area (Å²) < 4.78 is 38.3. The Labute approximate surface area is 105 Å². The molecular formula is C13H15F3N2. The monoisotopic (exact) mass is 256 g/mol. The first-order valence-corrected chi connectivity index (χ1v) is 5.58. The summed E-state index contributed by atoms with van der Waals surface area (Å²) in [5, 5.41) is 8.69. The molecule has 0 heterocycles. The van der Waals surface area contributed by atoms with Crippen LogP contribution in [0.3, 0.4) is 0 Å². The third-order valence-corrected chi connectivity index (χ3v) is 2.51. The van der Waals surface area contributed by atoms with Gasteiger partial charge in [-0.2, -0.15) is 18.4 Å². The Kier molecular flexibility index (Phi) is 4.23. The highest BCUT2D eigenvalue weighted by atomic mass is 19.4. The average molecular weight is 256 g/mol. The summed E-state index contributed by atoms with van der Waals surface area (Å²) in [5.41, 5.74) is -0.752. The minimum absolute atomic E-state index is 0.343. The molecule has 1 aromatic rings. The third-order valence-electron chi connectivity index (χ3n) is 2.51. The summed E-state index contributed by atoms with van der Waals surface area (Å²) >= 11 is 0. The summed E-state index contributed by atoms with van der Waals surface area (Å²) in [6, 6.07) is 5.35. The maximum absolute atomic E-state index is 12.8. The lowest BCUT2D eigenvalue weighted by Gasteiger charge is -2.22. The third kappa shape index (κ3) is 3.39. The molecule has 1 aromatic carbocycles. The van der Waals surface area contributed by atoms with E-state index in [9.17, 15) is 13.2 Å². The molecular weight excluding hydrogens is 241 g/mol. The molecule has 0 saturated carbocycles. The van der Waals surface area contributed by atoms with Gasteiger partial charge in [-0.05, 0) is 24.1 Å². The fraction of sp³-hybridized carbons (Fsp3) is 0.462. The van der Waals surface area contributed by atoms with E-state index >= 15 is 0 Å². The van der Waals surface area contributed by atoms with Gasteiger partial charge in [0, 0.05) is 19.3 Å². The normalized spacial score (nSPS) is 11.4. The highest BCUT2D eigenvalue weighted by molar-refractivity contribution is 5.54. The highest BCUT2D eigenvalue weighted by Crippen LogP contribution is 2.34. The Morgan fingerprint density at radius 1 is 1.33 bits per heavy atom. The maximum atomic E-state index is 12.8. The number of nitriles is 1. The Morgan fingerprint density at radius 2 is 1.94 bits per heavy atom. The molecule has 98 valence electrons. The number of hydrogen-bond donors (Lipinski definition) is 0. The number of benzene rings is 1. The van der Waals surface area contributed by atoms with Crippen LogP contribution in [-0.2, 0) is 6.18 Å². The second-order valence-corrected chi connectivity index (χ2v) is 4.61. The van der Waals surface area contributed by atoms with Crippen molar-refractivity contribution in [3.8, 4) is 6.07 Å². The molecule has 0 amide bonds. The van der Waals surface area contributed by atoms with Crippen molar-refractivity contribution >= 4 is 5.69 Å². The first-order valence-electron chi connectivity index (χ1n) is 5.58. The van der Waals surface area contributed by atoms with Crippen LogP contribution in [-0.4, -0.2) is 13.6 Å². The van der Waals surface area contributed by atoms with Crippen molar-refractivity contribution in [3.05, 3.63) is 29.3 Å². The van der Waals surface area contributed by atoms with Gasteiger partial charge in [-0.15, -0.1) is 0 Å². The molecule has 0 atom stereocenters. The van der Waals surface area contributed by atoms with Gasteiger partial charge in [0.25, 0.3) is 0 Å². The molecule has 0 saturated heterocycles. The lowest BCUT2D eigenvalue weighted by Crippen LogP contribution is -2.23. The molecule has 1 rings (SSSR count). The van der Waals surface area contributed by atoms with E-state index in [4.69, 9.17) is 5.26 Å². The van der Waals surface area contributed by atoms with Gasteiger partial charge in [-0.1, -0.05) is 13.8 Å². The minimum atomic E-state index is -4.50. The SMILES string of the molecule is CC(C)CN(C)c1ccc(C#N)c(C(F)(F)F)c1. The van der Waals surface area contributed by atoms with E-state index in [0.29, 0.717) is 18.2 Å². The van der Waals surface area contributed by atoms with Crippen LogP contribution in [0.4, 0.5) is 18.9 Å². The van der Waals surface area contributed by atoms with Crippen molar-refractivity contribution in [1.29, 1.82) is 5.26 Å². The number of anilines is 1. The lowest BCUT2D eigenvalue weighted by molar-refractivity contribution is -0.137. The van der Waals surface area contributed by atoms with Crippen LogP contribution in [0, 0.1) is 17.2 Å². The zero-order chi connectivity index (χ0) is 13.9. The predicted molar refractivity (Wildman–Crippen MR) is 64.3 cm³/mol. The van der Waals surface area contributed by atoms with Gasteiger partial charge >= 0.3 is 6.18 Å². The predicted octanol–water partition coefficient (Wildman–Crippen LogP) is 3.67. The largest absolute Gasteiger partial charge is 0.417 e. The Balaban J connectivity index is 3.16. The van der Waals surface area contributed by atoms with Crippen molar-refractivity contribution < 1.29 is 13.2 Å². The lowest BCUT2D eigenvalue weighted by atomic mass is 10.1. The molecule has 0 aliphatic heterocycles. The first-order chi connectivity index (χ1) is 8.25. The van der Waals surface area contributed by atoms with Gasteiger partial charge in [0.05, 0.1) is 17.2 Å². The standard InChI is InChI=1S/C13H15F3N2/c1-9(2)8-18(3)11-5-4-10(7-17)12(6-11)13(14,15)16/h4-6,9H,8H2,1-3H3. The van der Waals surface area contributed by atoms with E-state index in [1.165, 1.54) is 12.1 Å². The van der Waals surface area contributed by atoms with Gasteiger partial charge in [0.2, 0.25) is 0 Å². The Bertz CT molecular complexity index is 458. The van der Waals surface area contributed by atoms with E-state index in [2.05, 4.69) is 0 Å². The van der Waals surface area contributed by atoms with Gasteiger partial charge in [-0.3, -0.25) is 0 Å². The molecule has 0 N–H and O–H groups in total. The van der Waals surface area contributed by atoms with Gasteiger partial charge in [-0.25, -0.2) is 0 Å². The van der Waals surface area contributed by atoms with E-state index in [-0.39, 0.29) is 5.56 Å². The van der Waals surface area contributed by atoms with E-state index in [1.54, 1.807) is 18.0 Å². The molecule has 0 bridgehead atoms. The summed E-state index contributed by atoms with van der Waals surface area (Å²) in [5.74, 6) is 0.347. The molecule has 5 heteroatoms. The molecule has 0 aromatic heterocycles. The zero-order valence-electron chi connectivity index (χ0n) is 10.5. The van der Waals surface area contributed by atoms with Crippen LogP contribution in [0.5, 0.6) is 0 Å². The quantitative estimate of drug-likeness (QED) is 0.825. The van der Waals surface area contributed by atoms with E-state index < -0.39 is 11.7 Å². The Hall–Kier alpha value is -1.70. The van der Waals surface area contributed by atoms with Crippen molar-refractivity contribution in [2.45, 2.75) is 20.0 Å². The van der Waals surface area contributed by atoms with Crippen molar-refractivity contribution in [2.24, 2.45) is 5.92 Å². The van der Waals surface area contributed by atoms with Crippen LogP contribution in [0.2, 0.25) is 0 Å². The fourth-order valence-corrected chi connectivity index (χ4v) is 1.75. The molecule has 0 radical (unpaired) electrons. The van der Waals surface area contributed by atoms with Crippen LogP contribution < -0.4 is 4.90 Å². The fourth-order valence-electron chi connectivity index (χ4n) is 1.75. The topological polar surface area (TPSA) is 27.0 Å². The molecule has 2 nitrogen and oxygen atoms in total. The van der Waals surface area contributed by atoms with Gasteiger partial charge in [0.15, 0.2) is 0 Å². The van der Waals surface area contributed by atoms with Crippen molar-refractivity contribution in [1.82, 2.24) is 0 Å². The smallest absolute Gasteiger partial charge is 0.374 e. The number of hydrogen-bond acceptors (Lipinski definition) is 2. The van der Waals surface area contributed by atoms with Crippen LogP contribution in [0.25, 0.3) is 0 Å². The van der Waals surface area contributed by atoms with Crippen molar-refractivity contribution in [3.63, 3.8) is 0 Å². The van der Waals surface area contributed by atoms with Crippen molar-refractivity contribution in [2.75, 3.05) is 18.5 Å². The molecule has 0 aliphatic rings. The average Bonchev–Trinajstić information content (AvgIpc) is 2.26. The van der Waals surface area contributed by atoms with Crippen LogP contribution in [0.1, 0.15) is 25.0 Å². The molecule has 0 unspecified atom stereocenters. The second kappa shape index (κ2) is 5.30. The first kappa shape index (κ1) is 14.4. The zero-order valence-corrected chi connectivity index (χ0v) is 10.5. The molecule has 18 heavy (non-hydrogen) atoms. The highest BCUT2D eigenvalue weighted by Gasteiger charge is 2.34. The number of halogens is 3. The van der Waals surface area contributed by atoms with Crippen LogP contribution >= 0.6 is 0 Å². The minimum Gasteiger partial charge on any atom is -0.374 e. The molecule has 0 fully saturated rings. The summed E-state index contributed by atoms with van der Waals surface area (Å²) in [7, 11) is 1.74. The summed E-state index contributed by atoms with van der Waals surface area (Å²) in [6.45, 7) is 4.64. The van der Waals surface area contributed by atoms with Gasteiger partial charge in [0.1, 0.15) is 0 Å². The van der Waals surface area contributed by atoms with Gasteiger partial charge < -0.3 is 4.90 Å². The summed E-state index contributed by atoms with van der Waals surface area (Å²) in [4.78, 5) is 1.75. The maximum Gasteiger partial charge on any atom is 0.417 e. The van der Waals surface area contributed by atoms with E-state index in [0.717, 1.165) is 6.07 Å². The van der Waals surface area contributed by atoms with E-state index in [1.807, 2.05) is 13.8 Å². The molecule has 0 spiro atoms. The number of alkyl halides is 3. The number of rotatable bonds is 3. The Morgan fingerprint density at radius 3 is 2.39 bits per heavy atom. The number of nitrogens with zero attached hydrogens (tertiary/aromatic N) is 2. The molecule has 0 aliphatic carbocycles. The summed E-state index contributed by atoms with van der Waals surface area (Å²) in [6.07, 6.45) is -4.50. The van der Waals surface area contributed by atoms with Crippen LogP contribution in [0.15, 0.2) is 18.2 Å². The second-order valence-electron chi connectivity index (χ2n) is 4.61.